The summed E-state index contributed by atoms with van der Waals surface area (Å²) in [6, 6.07) is 11.9. The molecule has 0 aliphatic rings. The van der Waals surface area contributed by atoms with Crippen LogP contribution in [-0.4, -0.2) is 26.2 Å². The second-order valence-electron chi connectivity index (χ2n) is 6.39. The molecule has 2 aromatic carbocycles. The van der Waals surface area contributed by atoms with Crippen LogP contribution in [0.5, 0.6) is 0 Å². The number of halogens is 4. The average Bonchev–Trinajstić information content (AvgIpc) is 2.62. The first-order chi connectivity index (χ1) is 13.4. The van der Waals surface area contributed by atoms with Crippen LogP contribution in [-0.2, 0) is 10.0 Å². The molecule has 0 saturated carbocycles. The summed E-state index contributed by atoms with van der Waals surface area (Å²) in [6.45, 7) is 5.94. The predicted molar refractivity (Wildman–Crippen MR) is 114 cm³/mol. The topological polar surface area (TPSA) is 61.8 Å². The van der Waals surface area contributed by atoms with E-state index in [2.05, 4.69) is 21.0 Å². The van der Waals surface area contributed by atoms with Crippen molar-refractivity contribution in [2.45, 2.75) is 32.7 Å². The Morgan fingerprint density at radius 2 is 1.79 bits per heavy atom. The number of alkyl halides is 3. The molecule has 0 amide bonds. The maximum Gasteiger partial charge on any atom is 0.516 e. The first kappa shape index (κ1) is 23.2. The van der Waals surface area contributed by atoms with Crippen LogP contribution >= 0.6 is 15.9 Å². The van der Waals surface area contributed by atoms with E-state index in [1.54, 1.807) is 29.6 Å². The number of rotatable bonds is 7. The third-order valence-corrected chi connectivity index (χ3v) is 5.57. The third kappa shape index (κ3) is 5.96. The number of anilines is 2. The maximum absolute atomic E-state index is 12.8. The molecular formula is C19H21BrF3N3O2S. The van der Waals surface area contributed by atoms with E-state index in [9.17, 15) is 21.6 Å². The average molecular weight is 492 g/mol. The van der Waals surface area contributed by atoms with Crippen LogP contribution < -0.4 is 9.73 Å². The number of hydrogen-bond donors (Lipinski definition) is 1. The molecule has 0 bridgehead atoms. The normalized spacial score (nSPS) is 12.7. The van der Waals surface area contributed by atoms with Crippen LogP contribution in [0.15, 0.2) is 52.0 Å². The summed E-state index contributed by atoms with van der Waals surface area (Å²) in [5.74, 6) is 0. The van der Waals surface area contributed by atoms with Gasteiger partial charge in [-0.3, -0.25) is 9.73 Å². The Kier molecular flexibility index (Phi) is 7.34. The monoisotopic (exact) mass is 491 g/mol. The molecule has 5 nitrogen and oxygen atoms in total. The highest BCUT2D eigenvalue weighted by Gasteiger charge is 2.46. The molecular weight excluding hydrogens is 471 g/mol. The number of hydrazone groups is 1. The smallest absolute Gasteiger partial charge is 0.275 e. The molecule has 0 aromatic heterocycles. The number of benzene rings is 2. The highest BCUT2D eigenvalue weighted by atomic mass is 79.9. The minimum atomic E-state index is -5.54. The Bertz CT molecular complexity index is 991. The maximum atomic E-state index is 12.8. The summed E-state index contributed by atoms with van der Waals surface area (Å²) in [5, 5.41) is 6.28. The second kappa shape index (κ2) is 9.17. The van der Waals surface area contributed by atoms with Gasteiger partial charge in [0.1, 0.15) is 0 Å². The van der Waals surface area contributed by atoms with Gasteiger partial charge in [0.05, 0.1) is 17.1 Å². The Hall–Kier alpha value is -2.07. The summed E-state index contributed by atoms with van der Waals surface area (Å²) in [4.78, 5) is 0. The molecule has 0 fully saturated rings. The van der Waals surface area contributed by atoms with Gasteiger partial charge >= 0.3 is 15.5 Å². The molecule has 0 aliphatic carbocycles. The van der Waals surface area contributed by atoms with E-state index < -0.39 is 15.5 Å². The molecule has 0 spiro atoms. The van der Waals surface area contributed by atoms with E-state index in [0.717, 1.165) is 22.1 Å². The van der Waals surface area contributed by atoms with Crippen molar-refractivity contribution in [3.63, 3.8) is 0 Å². The zero-order chi connectivity index (χ0) is 21.8. The van der Waals surface area contributed by atoms with Crippen molar-refractivity contribution in [3.8, 4) is 0 Å². The molecule has 0 radical (unpaired) electrons. The Labute approximate surface area is 176 Å². The Balaban J connectivity index is 2.48. The minimum Gasteiger partial charge on any atom is -0.275 e. The lowest BCUT2D eigenvalue weighted by molar-refractivity contribution is -0.0429. The van der Waals surface area contributed by atoms with Gasteiger partial charge in [-0.1, -0.05) is 34.5 Å². The van der Waals surface area contributed by atoms with E-state index in [1.165, 1.54) is 12.1 Å². The van der Waals surface area contributed by atoms with E-state index in [0.29, 0.717) is 12.3 Å². The molecule has 0 atom stereocenters. The predicted octanol–water partition coefficient (Wildman–Crippen LogP) is 5.66. The first-order valence-electron chi connectivity index (χ1n) is 8.73. The molecule has 0 unspecified atom stereocenters. The number of nitrogens with zero attached hydrogens (tertiary/aromatic N) is 2. The van der Waals surface area contributed by atoms with Crippen molar-refractivity contribution in [2.24, 2.45) is 5.10 Å². The molecule has 2 rings (SSSR count). The lowest BCUT2D eigenvalue weighted by atomic mass is 10.1. The van der Waals surface area contributed by atoms with Crippen molar-refractivity contribution in [3.05, 3.63) is 58.1 Å². The number of aryl methyl sites for hydroxylation is 1. The van der Waals surface area contributed by atoms with E-state index in [-0.39, 0.29) is 11.3 Å². The van der Waals surface area contributed by atoms with Crippen molar-refractivity contribution in [2.75, 3.05) is 16.3 Å². The van der Waals surface area contributed by atoms with Gasteiger partial charge in [0.25, 0.3) is 0 Å². The SMILES string of the molecule is CCCN(/N=C(\C)c1cc(C)ccc1NS(=O)(=O)C(F)(F)F)c1ccc(Br)cc1. The first-order valence-corrected chi connectivity index (χ1v) is 11.0. The molecule has 0 saturated heterocycles. The van der Waals surface area contributed by atoms with Gasteiger partial charge in [-0.2, -0.15) is 26.7 Å². The van der Waals surface area contributed by atoms with E-state index >= 15 is 0 Å². The highest BCUT2D eigenvalue weighted by molar-refractivity contribution is 9.10. The van der Waals surface area contributed by atoms with Crippen molar-refractivity contribution in [1.82, 2.24) is 0 Å². The fraction of sp³-hybridized carbons (Fsp3) is 0.316. The summed E-state index contributed by atoms with van der Waals surface area (Å²) >= 11 is 3.37. The van der Waals surface area contributed by atoms with Crippen molar-refractivity contribution in [1.29, 1.82) is 0 Å². The Morgan fingerprint density at radius 3 is 2.34 bits per heavy atom. The molecule has 29 heavy (non-hydrogen) atoms. The quantitative estimate of drug-likeness (QED) is 0.401. The van der Waals surface area contributed by atoms with Gasteiger partial charge in [-0.15, -0.1) is 0 Å². The van der Waals surface area contributed by atoms with Gasteiger partial charge in [-0.05, 0) is 56.7 Å². The molecule has 158 valence electrons. The highest BCUT2D eigenvalue weighted by Crippen LogP contribution is 2.28. The summed E-state index contributed by atoms with van der Waals surface area (Å²) in [7, 11) is -5.54. The van der Waals surface area contributed by atoms with E-state index in [4.69, 9.17) is 0 Å². The van der Waals surface area contributed by atoms with Crippen molar-refractivity contribution < 1.29 is 21.6 Å². The van der Waals surface area contributed by atoms with Crippen LogP contribution in [0.4, 0.5) is 24.5 Å². The summed E-state index contributed by atoms with van der Waals surface area (Å²) in [5.41, 5.74) is -3.37. The van der Waals surface area contributed by atoms with Crippen LogP contribution in [0.1, 0.15) is 31.4 Å². The lowest BCUT2D eigenvalue weighted by Crippen LogP contribution is -2.30. The van der Waals surface area contributed by atoms with Crippen LogP contribution in [0.2, 0.25) is 0 Å². The number of nitrogens with one attached hydrogen (secondary N) is 1. The summed E-state index contributed by atoms with van der Waals surface area (Å²) in [6.07, 6.45) is 0.786. The van der Waals surface area contributed by atoms with Gasteiger partial charge in [0.15, 0.2) is 0 Å². The molecule has 2 aromatic rings. The minimum absolute atomic E-state index is 0.179. The number of sulfonamides is 1. The number of hydrogen-bond acceptors (Lipinski definition) is 4. The van der Waals surface area contributed by atoms with Gasteiger partial charge < -0.3 is 0 Å². The van der Waals surface area contributed by atoms with Gasteiger partial charge in [0, 0.05) is 16.6 Å². The molecule has 0 aliphatic heterocycles. The fourth-order valence-corrected chi connectivity index (χ4v) is 3.39. The molecule has 10 heteroatoms. The van der Waals surface area contributed by atoms with Crippen molar-refractivity contribution >= 4 is 43.0 Å². The third-order valence-electron chi connectivity index (χ3n) is 3.94. The van der Waals surface area contributed by atoms with Gasteiger partial charge in [0.2, 0.25) is 0 Å². The molecule has 0 heterocycles. The lowest BCUT2D eigenvalue weighted by Gasteiger charge is -2.21. The summed E-state index contributed by atoms with van der Waals surface area (Å²) < 4.78 is 64.1. The second-order valence-corrected chi connectivity index (χ2v) is 8.97. The van der Waals surface area contributed by atoms with Gasteiger partial charge in [-0.25, -0.2) is 0 Å². The zero-order valence-corrected chi connectivity index (χ0v) is 18.5. The van der Waals surface area contributed by atoms with Crippen LogP contribution in [0.25, 0.3) is 0 Å². The largest absolute Gasteiger partial charge is 0.516 e. The fourth-order valence-electron chi connectivity index (χ4n) is 2.55. The Morgan fingerprint density at radius 1 is 1.17 bits per heavy atom. The van der Waals surface area contributed by atoms with Crippen LogP contribution in [0.3, 0.4) is 0 Å². The van der Waals surface area contributed by atoms with Crippen LogP contribution in [0, 0.1) is 6.92 Å². The zero-order valence-electron chi connectivity index (χ0n) is 16.1. The molecule has 1 N–H and O–H groups in total. The van der Waals surface area contributed by atoms with E-state index in [1.807, 2.05) is 31.2 Å². The standard InChI is InChI=1S/C19H21BrF3N3O2S/c1-4-11-26(16-8-6-15(20)7-9-16)24-14(3)17-12-13(2)5-10-18(17)25-29(27,28)19(21,22)23/h5-10,12,25H,4,11H2,1-3H3/b24-14+.